The quantitative estimate of drug-likeness (QED) is 0.922. The number of carbonyl (C=O) groups is 1. The fourth-order valence-electron chi connectivity index (χ4n) is 2.10. The number of carbonyl (C=O) groups excluding carboxylic acids is 1. The summed E-state index contributed by atoms with van der Waals surface area (Å²) in [4.78, 5) is 14.2. The molecule has 1 amide bonds. The summed E-state index contributed by atoms with van der Waals surface area (Å²) in [6.07, 6.45) is 1.08. The lowest BCUT2D eigenvalue weighted by molar-refractivity contribution is 0.0988. The Hall–Kier alpha value is -2.34. The maximum absolute atomic E-state index is 12.6. The van der Waals surface area contributed by atoms with Crippen LogP contribution in [0.1, 0.15) is 17.3 Å². The van der Waals surface area contributed by atoms with E-state index in [0.717, 1.165) is 11.9 Å². The summed E-state index contributed by atoms with van der Waals surface area (Å²) in [6, 6.07) is 15.8. The van der Waals surface area contributed by atoms with E-state index in [-0.39, 0.29) is 5.91 Å². The van der Waals surface area contributed by atoms with Crippen LogP contribution in [-0.4, -0.2) is 27.1 Å². The molecule has 116 valence electrons. The van der Waals surface area contributed by atoms with Crippen molar-refractivity contribution in [3.63, 3.8) is 0 Å². The van der Waals surface area contributed by atoms with Crippen LogP contribution in [0.3, 0.4) is 0 Å². The van der Waals surface area contributed by atoms with Gasteiger partial charge in [-0.2, -0.15) is 0 Å². The molecule has 2 rings (SSSR count). The van der Waals surface area contributed by atoms with Gasteiger partial charge in [0.05, 0.1) is 6.26 Å². The lowest BCUT2D eigenvalue weighted by atomic mass is 10.1. The van der Waals surface area contributed by atoms with Crippen LogP contribution in [0.4, 0.5) is 11.4 Å². The van der Waals surface area contributed by atoms with Crippen molar-refractivity contribution >= 4 is 27.3 Å². The standard InChI is InChI=1S/C16H18N2O3S/c1-3-18(15-7-5-4-6-8-15)16(19)13-9-11-14(12-10-13)17-22(2,20)21/h4-12,17H,3H2,1-2H3. The Morgan fingerprint density at radius 3 is 2.14 bits per heavy atom. The molecule has 0 aromatic heterocycles. The predicted octanol–water partition coefficient (Wildman–Crippen LogP) is 2.72. The topological polar surface area (TPSA) is 66.5 Å². The molecular weight excluding hydrogens is 300 g/mol. The van der Waals surface area contributed by atoms with Gasteiger partial charge in [0.2, 0.25) is 10.0 Å². The normalized spacial score (nSPS) is 11.0. The Kier molecular flexibility index (Phi) is 4.82. The van der Waals surface area contributed by atoms with Gasteiger partial charge in [-0.1, -0.05) is 18.2 Å². The number of hydrogen-bond acceptors (Lipinski definition) is 3. The molecule has 0 atom stereocenters. The van der Waals surface area contributed by atoms with Gasteiger partial charge in [0, 0.05) is 23.5 Å². The van der Waals surface area contributed by atoms with Crippen molar-refractivity contribution in [3.05, 3.63) is 60.2 Å². The maximum atomic E-state index is 12.6. The minimum atomic E-state index is -3.32. The Morgan fingerprint density at radius 2 is 1.64 bits per heavy atom. The summed E-state index contributed by atoms with van der Waals surface area (Å²) < 4.78 is 24.7. The smallest absolute Gasteiger partial charge is 0.258 e. The molecule has 22 heavy (non-hydrogen) atoms. The zero-order valence-corrected chi connectivity index (χ0v) is 13.3. The highest BCUT2D eigenvalue weighted by Crippen LogP contribution is 2.18. The SMILES string of the molecule is CCN(C(=O)c1ccc(NS(C)(=O)=O)cc1)c1ccccc1. The van der Waals surface area contributed by atoms with Gasteiger partial charge in [-0.25, -0.2) is 8.42 Å². The third-order valence-electron chi connectivity index (χ3n) is 3.06. The number of benzene rings is 2. The Balaban J connectivity index is 2.22. The summed E-state index contributed by atoms with van der Waals surface area (Å²) >= 11 is 0. The van der Waals surface area contributed by atoms with Crippen LogP contribution in [-0.2, 0) is 10.0 Å². The molecule has 0 saturated carbocycles. The highest BCUT2D eigenvalue weighted by molar-refractivity contribution is 7.92. The maximum Gasteiger partial charge on any atom is 0.258 e. The van der Waals surface area contributed by atoms with Crippen LogP contribution in [0, 0.1) is 0 Å². The average Bonchev–Trinajstić information content (AvgIpc) is 2.48. The Bertz CT molecular complexity index is 741. The molecule has 6 heteroatoms. The van der Waals surface area contributed by atoms with Crippen LogP contribution >= 0.6 is 0 Å². The van der Waals surface area contributed by atoms with Gasteiger partial charge in [0.15, 0.2) is 0 Å². The van der Waals surface area contributed by atoms with Crippen molar-refractivity contribution in [2.75, 3.05) is 22.4 Å². The van der Waals surface area contributed by atoms with E-state index in [9.17, 15) is 13.2 Å². The number of hydrogen-bond donors (Lipinski definition) is 1. The molecule has 0 bridgehead atoms. The molecule has 0 aliphatic rings. The van der Waals surface area contributed by atoms with E-state index >= 15 is 0 Å². The van der Waals surface area contributed by atoms with Gasteiger partial charge in [-0.15, -0.1) is 0 Å². The highest BCUT2D eigenvalue weighted by atomic mass is 32.2. The van der Waals surface area contributed by atoms with Crippen molar-refractivity contribution < 1.29 is 13.2 Å². The second-order valence-corrected chi connectivity index (χ2v) is 6.58. The minimum absolute atomic E-state index is 0.125. The number of nitrogens with one attached hydrogen (secondary N) is 1. The van der Waals surface area contributed by atoms with Gasteiger partial charge in [0.1, 0.15) is 0 Å². The molecule has 5 nitrogen and oxygen atoms in total. The van der Waals surface area contributed by atoms with E-state index < -0.39 is 10.0 Å². The lowest BCUT2D eigenvalue weighted by Gasteiger charge is -2.21. The molecule has 0 spiro atoms. The lowest BCUT2D eigenvalue weighted by Crippen LogP contribution is -2.30. The minimum Gasteiger partial charge on any atom is -0.309 e. The summed E-state index contributed by atoms with van der Waals surface area (Å²) in [5.74, 6) is -0.125. The van der Waals surface area contributed by atoms with E-state index in [2.05, 4.69) is 4.72 Å². The molecule has 0 saturated heterocycles. The largest absolute Gasteiger partial charge is 0.309 e. The molecule has 0 unspecified atom stereocenters. The number of nitrogens with zero attached hydrogens (tertiary/aromatic N) is 1. The molecule has 0 aliphatic heterocycles. The third-order valence-corrected chi connectivity index (χ3v) is 3.67. The summed E-state index contributed by atoms with van der Waals surface area (Å²) in [5, 5.41) is 0. The Labute approximate surface area is 130 Å². The van der Waals surface area contributed by atoms with Gasteiger partial charge in [-0.3, -0.25) is 9.52 Å². The Morgan fingerprint density at radius 1 is 1.05 bits per heavy atom. The van der Waals surface area contributed by atoms with Gasteiger partial charge < -0.3 is 4.90 Å². The van der Waals surface area contributed by atoms with Crippen LogP contribution < -0.4 is 9.62 Å². The number of para-hydroxylation sites is 1. The van der Waals surface area contributed by atoms with Crippen LogP contribution in [0.2, 0.25) is 0 Å². The summed E-state index contributed by atoms with van der Waals surface area (Å²) in [6.45, 7) is 2.46. The first-order valence-electron chi connectivity index (χ1n) is 6.85. The number of rotatable bonds is 5. The van der Waals surface area contributed by atoms with Crippen LogP contribution in [0.15, 0.2) is 54.6 Å². The van der Waals surface area contributed by atoms with E-state index in [1.54, 1.807) is 29.2 Å². The van der Waals surface area contributed by atoms with E-state index in [0.29, 0.717) is 17.8 Å². The van der Waals surface area contributed by atoms with Crippen molar-refractivity contribution in [1.29, 1.82) is 0 Å². The molecule has 1 N–H and O–H groups in total. The molecule has 2 aromatic rings. The zero-order chi connectivity index (χ0) is 16.2. The molecule has 0 fully saturated rings. The zero-order valence-electron chi connectivity index (χ0n) is 12.5. The molecule has 0 aliphatic carbocycles. The van der Waals surface area contributed by atoms with Gasteiger partial charge >= 0.3 is 0 Å². The van der Waals surface area contributed by atoms with Crippen molar-refractivity contribution in [1.82, 2.24) is 0 Å². The van der Waals surface area contributed by atoms with Crippen molar-refractivity contribution in [3.8, 4) is 0 Å². The fourth-order valence-corrected chi connectivity index (χ4v) is 2.67. The second-order valence-electron chi connectivity index (χ2n) is 4.84. The van der Waals surface area contributed by atoms with E-state index in [1.165, 1.54) is 0 Å². The van der Waals surface area contributed by atoms with Gasteiger partial charge in [0.25, 0.3) is 5.91 Å². The van der Waals surface area contributed by atoms with Crippen molar-refractivity contribution in [2.45, 2.75) is 6.92 Å². The molecule has 0 heterocycles. The molecular formula is C16H18N2O3S. The third kappa shape index (κ3) is 4.08. The van der Waals surface area contributed by atoms with E-state index in [1.807, 2.05) is 37.3 Å². The first kappa shape index (κ1) is 16.0. The average molecular weight is 318 g/mol. The summed E-state index contributed by atoms with van der Waals surface area (Å²) in [7, 11) is -3.32. The summed E-state index contributed by atoms with van der Waals surface area (Å²) in [5.41, 5.74) is 1.76. The van der Waals surface area contributed by atoms with Crippen LogP contribution in [0.5, 0.6) is 0 Å². The highest BCUT2D eigenvalue weighted by Gasteiger charge is 2.15. The number of sulfonamides is 1. The van der Waals surface area contributed by atoms with Crippen molar-refractivity contribution in [2.24, 2.45) is 0 Å². The monoisotopic (exact) mass is 318 g/mol. The predicted molar refractivity (Wildman–Crippen MR) is 88.7 cm³/mol. The fraction of sp³-hybridized carbons (Fsp3) is 0.188. The first-order chi connectivity index (χ1) is 10.4. The molecule has 2 aromatic carbocycles. The number of anilines is 2. The number of amides is 1. The van der Waals surface area contributed by atoms with E-state index in [4.69, 9.17) is 0 Å². The first-order valence-corrected chi connectivity index (χ1v) is 8.74. The molecule has 0 radical (unpaired) electrons. The second kappa shape index (κ2) is 6.62. The van der Waals surface area contributed by atoms with Gasteiger partial charge in [-0.05, 0) is 43.3 Å². The van der Waals surface area contributed by atoms with Crippen LogP contribution in [0.25, 0.3) is 0 Å².